The molecule has 1 amide bonds. The third kappa shape index (κ3) is 4.52. The maximum Gasteiger partial charge on any atom is 0.277 e. The molecule has 124 valence electrons. The highest BCUT2D eigenvalue weighted by molar-refractivity contribution is 7.99. The number of amides is 1. The molecule has 23 heavy (non-hydrogen) atoms. The molecule has 2 aromatic rings. The van der Waals surface area contributed by atoms with Gasteiger partial charge < -0.3 is 14.2 Å². The van der Waals surface area contributed by atoms with Crippen LogP contribution in [-0.2, 0) is 11.2 Å². The summed E-state index contributed by atoms with van der Waals surface area (Å²) in [6, 6.07) is 0. The van der Waals surface area contributed by atoms with Crippen LogP contribution in [0.25, 0.3) is 0 Å². The minimum absolute atomic E-state index is 0.123. The van der Waals surface area contributed by atoms with Crippen molar-refractivity contribution in [3.8, 4) is 0 Å². The monoisotopic (exact) mass is 353 g/mol. The molecule has 0 aromatic carbocycles. The molecular weight excluding hydrogens is 334 g/mol. The number of carbonyl (C=O) groups excluding carboxylic acids is 1. The maximum absolute atomic E-state index is 12.2. The van der Waals surface area contributed by atoms with Crippen molar-refractivity contribution in [1.82, 2.24) is 25.0 Å². The van der Waals surface area contributed by atoms with Crippen LogP contribution >= 0.6 is 23.1 Å². The average molecular weight is 353 g/mol. The van der Waals surface area contributed by atoms with Crippen molar-refractivity contribution >= 4 is 29.0 Å². The van der Waals surface area contributed by atoms with E-state index in [0.29, 0.717) is 23.3 Å². The fraction of sp³-hybridized carbons (Fsp3) is 0.571. The molecule has 2 aromatic heterocycles. The highest BCUT2D eigenvalue weighted by Crippen LogP contribution is 2.19. The highest BCUT2D eigenvalue weighted by Gasteiger charge is 2.20. The molecule has 1 saturated heterocycles. The van der Waals surface area contributed by atoms with Crippen molar-refractivity contribution in [1.29, 1.82) is 0 Å². The number of piperazine rings is 1. The summed E-state index contributed by atoms with van der Waals surface area (Å²) in [7, 11) is 2.07. The predicted molar refractivity (Wildman–Crippen MR) is 88.8 cm³/mol. The van der Waals surface area contributed by atoms with Crippen LogP contribution in [-0.4, -0.2) is 69.9 Å². The number of thiazole rings is 1. The van der Waals surface area contributed by atoms with Gasteiger partial charge in [-0.1, -0.05) is 11.8 Å². The number of aryl methyl sites for hydroxylation is 1. The number of likely N-dealkylation sites (N-methyl/N-ethyl adjacent to an activating group) is 1. The fourth-order valence-corrected chi connectivity index (χ4v) is 3.58. The molecule has 1 aliphatic rings. The van der Waals surface area contributed by atoms with E-state index in [2.05, 4.69) is 27.1 Å². The maximum atomic E-state index is 12.2. The van der Waals surface area contributed by atoms with Gasteiger partial charge in [-0.15, -0.1) is 21.5 Å². The van der Waals surface area contributed by atoms with Crippen LogP contribution in [0, 0.1) is 6.92 Å². The topological polar surface area (TPSA) is 75.4 Å². The number of rotatable bonds is 5. The number of aromatic nitrogens is 3. The van der Waals surface area contributed by atoms with Gasteiger partial charge in [0, 0.05) is 31.6 Å². The Hall–Kier alpha value is -1.45. The highest BCUT2D eigenvalue weighted by atomic mass is 32.2. The Morgan fingerprint density at radius 3 is 2.83 bits per heavy atom. The number of hydrogen-bond acceptors (Lipinski definition) is 8. The number of thioether (sulfide) groups is 1. The van der Waals surface area contributed by atoms with Crippen molar-refractivity contribution < 1.29 is 9.21 Å². The SMILES string of the molecule is Cc1nc(Cc2nnc(SCC(=O)N3CCN(C)CC3)o2)cs1. The summed E-state index contributed by atoms with van der Waals surface area (Å²) in [4.78, 5) is 20.7. The summed E-state index contributed by atoms with van der Waals surface area (Å²) in [5.74, 6) is 0.990. The lowest BCUT2D eigenvalue weighted by molar-refractivity contribution is -0.129. The first kappa shape index (κ1) is 16.4. The van der Waals surface area contributed by atoms with Crippen LogP contribution in [0.3, 0.4) is 0 Å². The van der Waals surface area contributed by atoms with Crippen molar-refractivity contribution in [3.63, 3.8) is 0 Å². The van der Waals surface area contributed by atoms with Gasteiger partial charge in [-0.05, 0) is 14.0 Å². The Labute approximate surface area is 143 Å². The smallest absolute Gasteiger partial charge is 0.277 e. The molecule has 0 spiro atoms. The first-order valence-electron chi connectivity index (χ1n) is 7.42. The van der Waals surface area contributed by atoms with Gasteiger partial charge in [-0.3, -0.25) is 4.79 Å². The molecule has 7 nitrogen and oxygen atoms in total. The lowest BCUT2D eigenvalue weighted by atomic mass is 10.3. The van der Waals surface area contributed by atoms with E-state index >= 15 is 0 Å². The zero-order chi connectivity index (χ0) is 16.2. The summed E-state index contributed by atoms with van der Waals surface area (Å²) in [5.41, 5.74) is 0.932. The molecular formula is C14H19N5O2S2. The summed E-state index contributed by atoms with van der Waals surface area (Å²) in [5, 5.41) is 11.5. The summed E-state index contributed by atoms with van der Waals surface area (Å²) in [6.07, 6.45) is 0.532. The molecule has 0 bridgehead atoms. The molecule has 3 rings (SSSR count). The Balaban J connectivity index is 1.48. The molecule has 9 heteroatoms. The minimum Gasteiger partial charge on any atom is -0.416 e. The van der Waals surface area contributed by atoms with E-state index in [1.165, 1.54) is 11.8 Å². The normalized spacial score (nSPS) is 16.0. The Bertz CT molecular complexity index is 664. The quantitative estimate of drug-likeness (QED) is 0.750. The molecule has 0 aliphatic carbocycles. The zero-order valence-corrected chi connectivity index (χ0v) is 14.8. The van der Waals surface area contributed by atoms with Crippen molar-refractivity contribution in [2.24, 2.45) is 0 Å². The third-order valence-electron chi connectivity index (χ3n) is 3.62. The first-order chi connectivity index (χ1) is 11.1. The van der Waals surface area contributed by atoms with E-state index in [9.17, 15) is 4.79 Å². The van der Waals surface area contributed by atoms with Crippen molar-refractivity contribution in [2.45, 2.75) is 18.6 Å². The van der Waals surface area contributed by atoms with Gasteiger partial charge in [0.1, 0.15) is 0 Å². The van der Waals surface area contributed by atoms with Crippen LogP contribution in [0.5, 0.6) is 0 Å². The summed E-state index contributed by atoms with van der Waals surface area (Å²) >= 11 is 2.90. The largest absolute Gasteiger partial charge is 0.416 e. The van der Waals surface area contributed by atoms with Crippen molar-refractivity contribution in [2.75, 3.05) is 39.0 Å². The number of carbonyl (C=O) groups is 1. The lowest BCUT2D eigenvalue weighted by Crippen LogP contribution is -2.47. The molecule has 0 atom stereocenters. The van der Waals surface area contributed by atoms with E-state index in [1.54, 1.807) is 11.3 Å². The minimum atomic E-state index is 0.123. The molecule has 0 N–H and O–H groups in total. The standard InChI is InChI=1S/C14H19N5O2S2/c1-10-15-11(8-22-10)7-12-16-17-14(21-12)23-9-13(20)19-5-3-18(2)4-6-19/h8H,3-7,9H2,1-2H3. The zero-order valence-electron chi connectivity index (χ0n) is 13.2. The molecule has 0 unspecified atom stereocenters. The van der Waals surface area contributed by atoms with Gasteiger partial charge >= 0.3 is 0 Å². The van der Waals surface area contributed by atoms with Crippen LogP contribution in [0.1, 0.15) is 16.6 Å². The molecule has 1 fully saturated rings. The van der Waals surface area contributed by atoms with Gasteiger partial charge in [0.2, 0.25) is 11.8 Å². The molecule has 0 radical (unpaired) electrons. The van der Waals surface area contributed by atoms with E-state index < -0.39 is 0 Å². The predicted octanol–water partition coefficient (Wildman–Crippen LogP) is 1.29. The van der Waals surface area contributed by atoms with Crippen LogP contribution in [0.15, 0.2) is 15.0 Å². The van der Waals surface area contributed by atoms with Gasteiger partial charge in [-0.2, -0.15) is 0 Å². The third-order valence-corrected chi connectivity index (χ3v) is 5.25. The van der Waals surface area contributed by atoms with Gasteiger partial charge in [-0.25, -0.2) is 4.98 Å². The molecule has 1 aliphatic heterocycles. The van der Waals surface area contributed by atoms with Gasteiger partial charge in [0.25, 0.3) is 5.22 Å². The van der Waals surface area contributed by atoms with Gasteiger partial charge in [0.05, 0.1) is 22.9 Å². The average Bonchev–Trinajstić information content (AvgIpc) is 3.15. The summed E-state index contributed by atoms with van der Waals surface area (Å²) < 4.78 is 5.58. The van der Waals surface area contributed by atoms with Crippen molar-refractivity contribution in [3.05, 3.63) is 22.0 Å². The lowest BCUT2D eigenvalue weighted by Gasteiger charge is -2.32. The van der Waals surface area contributed by atoms with E-state index in [1.807, 2.05) is 17.2 Å². The molecule has 3 heterocycles. The number of nitrogens with zero attached hydrogens (tertiary/aromatic N) is 5. The van der Waals surface area contributed by atoms with Gasteiger partial charge in [0.15, 0.2) is 0 Å². The Kier molecular flexibility index (Phi) is 5.29. The first-order valence-corrected chi connectivity index (χ1v) is 9.29. The van der Waals surface area contributed by atoms with E-state index in [0.717, 1.165) is 36.9 Å². The second kappa shape index (κ2) is 7.41. The van der Waals surface area contributed by atoms with E-state index in [4.69, 9.17) is 4.42 Å². The molecule has 0 saturated carbocycles. The second-order valence-corrected chi connectivity index (χ2v) is 7.46. The Morgan fingerprint density at radius 2 is 2.13 bits per heavy atom. The van der Waals surface area contributed by atoms with Crippen LogP contribution in [0.4, 0.5) is 0 Å². The second-order valence-electron chi connectivity index (χ2n) is 5.47. The van der Waals surface area contributed by atoms with E-state index in [-0.39, 0.29) is 5.91 Å². The fourth-order valence-electron chi connectivity index (χ4n) is 2.28. The van der Waals surface area contributed by atoms with Crippen LogP contribution in [0.2, 0.25) is 0 Å². The number of hydrogen-bond donors (Lipinski definition) is 0. The van der Waals surface area contributed by atoms with Crippen LogP contribution < -0.4 is 0 Å². The summed E-state index contributed by atoms with van der Waals surface area (Å²) in [6.45, 7) is 5.39. The Morgan fingerprint density at radius 1 is 1.35 bits per heavy atom.